The van der Waals surface area contributed by atoms with Crippen molar-refractivity contribution in [2.24, 2.45) is 0 Å². The van der Waals surface area contributed by atoms with Gasteiger partial charge in [-0.25, -0.2) is 9.59 Å². The lowest BCUT2D eigenvalue weighted by Gasteiger charge is -2.35. The van der Waals surface area contributed by atoms with Gasteiger partial charge in [0.2, 0.25) is 0 Å². The largest absolute Gasteiger partial charge is 0.463 e. The molecule has 1 aromatic rings. The van der Waals surface area contributed by atoms with Gasteiger partial charge >= 0.3 is 12.0 Å². The van der Waals surface area contributed by atoms with Gasteiger partial charge in [-0.15, -0.1) is 0 Å². The molecule has 0 radical (unpaired) electrons. The van der Waals surface area contributed by atoms with E-state index in [-0.39, 0.29) is 24.4 Å². The van der Waals surface area contributed by atoms with Crippen molar-refractivity contribution in [2.75, 3.05) is 6.61 Å². The van der Waals surface area contributed by atoms with Crippen LogP contribution < -0.4 is 5.32 Å². The summed E-state index contributed by atoms with van der Waals surface area (Å²) in [6.07, 6.45) is 1.81. The molecule has 132 valence electrons. The van der Waals surface area contributed by atoms with E-state index in [2.05, 4.69) is 5.32 Å². The smallest absolute Gasteiger partial charge is 0.338 e. The van der Waals surface area contributed by atoms with Gasteiger partial charge in [0.25, 0.3) is 5.69 Å². The Morgan fingerprint density at radius 1 is 1.36 bits per heavy atom. The number of allylic oxidation sites excluding steroid dienone is 1. The first-order chi connectivity index (χ1) is 11.9. The van der Waals surface area contributed by atoms with Crippen LogP contribution in [0.3, 0.4) is 0 Å². The fourth-order valence-corrected chi connectivity index (χ4v) is 3.04. The Morgan fingerprint density at radius 2 is 2.00 bits per heavy atom. The summed E-state index contributed by atoms with van der Waals surface area (Å²) in [7, 11) is 0. The number of nitro benzene ring substituents is 1. The van der Waals surface area contributed by atoms with Gasteiger partial charge in [0.05, 0.1) is 23.1 Å². The first-order valence-corrected chi connectivity index (χ1v) is 8.16. The van der Waals surface area contributed by atoms with Gasteiger partial charge in [-0.05, 0) is 44.4 Å². The van der Waals surface area contributed by atoms with Crippen molar-refractivity contribution >= 4 is 17.7 Å². The Morgan fingerprint density at radius 3 is 2.52 bits per heavy atom. The predicted molar refractivity (Wildman–Crippen MR) is 88.6 cm³/mol. The van der Waals surface area contributed by atoms with Crippen LogP contribution in [0.1, 0.15) is 38.3 Å². The van der Waals surface area contributed by atoms with Crippen LogP contribution in [0.15, 0.2) is 35.5 Å². The number of ether oxygens (including phenoxy) is 1. The van der Waals surface area contributed by atoms with Crippen molar-refractivity contribution in [1.29, 1.82) is 0 Å². The lowest BCUT2D eigenvalue weighted by atomic mass is 9.94. The fraction of sp³-hybridized carbons (Fsp3) is 0.412. The number of hydrogen-bond donors (Lipinski definition) is 1. The molecule has 2 aliphatic rings. The Balaban J connectivity index is 2.02. The molecule has 1 unspecified atom stereocenters. The molecule has 1 aromatic carbocycles. The van der Waals surface area contributed by atoms with Crippen molar-refractivity contribution in [3.8, 4) is 0 Å². The van der Waals surface area contributed by atoms with Crippen LogP contribution in [-0.2, 0) is 9.53 Å². The molecule has 2 amide bonds. The van der Waals surface area contributed by atoms with Gasteiger partial charge in [-0.3, -0.25) is 15.0 Å². The second-order valence-electron chi connectivity index (χ2n) is 6.05. The fourth-order valence-electron chi connectivity index (χ4n) is 3.04. The molecular weight excluding hydrogens is 326 g/mol. The van der Waals surface area contributed by atoms with E-state index in [1.54, 1.807) is 30.9 Å². The lowest BCUT2D eigenvalue weighted by molar-refractivity contribution is -0.384. The van der Waals surface area contributed by atoms with E-state index in [1.807, 2.05) is 0 Å². The molecule has 8 nitrogen and oxygen atoms in total. The highest BCUT2D eigenvalue weighted by molar-refractivity contribution is 5.95. The summed E-state index contributed by atoms with van der Waals surface area (Å²) in [6.45, 7) is 3.68. The Labute approximate surface area is 144 Å². The number of carbonyl (C=O) groups excluding carboxylic acids is 2. The van der Waals surface area contributed by atoms with Gasteiger partial charge in [0, 0.05) is 23.9 Å². The number of esters is 1. The maximum absolute atomic E-state index is 12.5. The van der Waals surface area contributed by atoms with E-state index in [1.165, 1.54) is 12.1 Å². The minimum Gasteiger partial charge on any atom is -0.463 e. The summed E-state index contributed by atoms with van der Waals surface area (Å²) >= 11 is 0. The molecule has 0 saturated heterocycles. The number of non-ortho nitro benzene ring substituents is 1. The summed E-state index contributed by atoms with van der Waals surface area (Å²) in [5.74, 6) is -0.492. The Kier molecular flexibility index (Phi) is 4.43. The third-order valence-corrected chi connectivity index (χ3v) is 4.37. The number of nitrogens with one attached hydrogen (secondary N) is 1. The van der Waals surface area contributed by atoms with E-state index in [9.17, 15) is 19.7 Å². The quantitative estimate of drug-likeness (QED) is 0.502. The first-order valence-electron chi connectivity index (χ1n) is 8.16. The van der Waals surface area contributed by atoms with Crippen LogP contribution >= 0.6 is 0 Å². The van der Waals surface area contributed by atoms with Crippen molar-refractivity contribution < 1.29 is 19.2 Å². The molecule has 0 aromatic heterocycles. The summed E-state index contributed by atoms with van der Waals surface area (Å²) in [5.41, 5.74) is 1.48. The van der Waals surface area contributed by atoms with Gasteiger partial charge in [0.15, 0.2) is 0 Å². The molecule has 0 bridgehead atoms. The molecular formula is C17H19N3O5. The molecule has 25 heavy (non-hydrogen) atoms. The number of urea groups is 1. The number of carbonyl (C=O) groups is 2. The van der Waals surface area contributed by atoms with Gasteiger partial charge in [0.1, 0.15) is 0 Å². The van der Waals surface area contributed by atoms with Crippen LogP contribution in [0.25, 0.3) is 0 Å². The highest BCUT2D eigenvalue weighted by Crippen LogP contribution is 2.38. The standard InChI is InChI=1S/C17H19N3O5/c1-3-25-16(21)14-10(2)19(12-8-9-12)17(22)18-15(14)11-4-6-13(7-5-11)20(23)24/h4-7,12,15H,3,8-9H2,1-2H3,(H,18,22). The summed E-state index contributed by atoms with van der Waals surface area (Å²) < 4.78 is 5.17. The van der Waals surface area contributed by atoms with Gasteiger partial charge in [-0.2, -0.15) is 0 Å². The number of benzene rings is 1. The average molecular weight is 345 g/mol. The molecule has 8 heteroatoms. The van der Waals surface area contributed by atoms with Gasteiger partial charge in [-0.1, -0.05) is 0 Å². The molecule has 1 aliphatic carbocycles. The minimum absolute atomic E-state index is 0.0520. The van der Waals surface area contributed by atoms with Crippen LogP contribution in [0.2, 0.25) is 0 Å². The first kappa shape index (κ1) is 16.9. The topological polar surface area (TPSA) is 102 Å². The predicted octanol–water partition coefficient (Wildman–Crippen LogP) is 2.66. The number of rotatable bonds is 5. The molecule has 1 aliphatic heterocycles. The van der Waals surface area contributed by atoms with Crippen molar-refractivity contribution in [2.45, 2.75) is 38.8 Å². The second kappa shape index (κ2) is 6.54. The van der Waals surface area contributed by atoms with Crippen LogP contribution in [0.5, 0.6) is 0 Å². The third-order valence-electron chi connectivity index (χ3n) is 4.37. The third kappa shape index (κ3) is 3.19. The number of hydrogen-bond acceptors (Lipinski definition) is 5. The average Bonchev–Trinajstić information content (AvgIpc) is 3.39. The molecule has 0 spiro atoms. The number of nitro groups is 1. The monoisotopic (exact) mass is 345 g/mol. The van der Waals surface area contributed by atoms with E-state index >= 15 is 0 Å². The zero-order valence-electron chi connectivity index (χ0n) is 14.0. The molecule has 1 saturated carbocycles. The molecule has 1 heterocycles. The summed E-state index contributed by atoms with van der Waals surface area (Å²) in [5, 5.41) is 13.7. The highest BCUT2D eigenvalue weighted by Gasteiger charge is 2.42. The van der Waals surface area contributed by atoms with E-state index in [4.69, 9.17) is 4.74 Å². The SMILES string of the molecule is CCOC(=O)C1=C(C)N(C2CC2)C(=O)NC1c1ccc([N+](=O)[O-])cc1. The zero-order chi connectivity index (χ0) is 18.1. The lowest BCUT2D eigenvalue weighted by Crippen LogP contribution is -2.48. The highest BCUT2D eigenvalue weighted by atomic mass is 16.6. The Hall–Kier alpha value is -2.90. The summed E-state index contributed by atoms with van der Waals surface area (Å²) in [4.78, 5) is 36.9. The van der Waals surface area contributed by atoms with E-state index in [0.717, 1.165) is 12.8 Å². The van der Waals surface area contributed by atoms with E-state index < -0.39 is 16.9 Å². The van der Waals surface area contributed by atoms with Gasteiger partial charge < -0.3 is 10.1 Å². The normalized spacial score (nSPS) is 20.3. The van der Waals surface area contributed by atoms with Crippen molar-refractivity contribution in [1.82, 2.24) is 10.2 Å². The maximum atomic E-state index is 12.5. The van der Waals surface area contributed by atoms with Crippen molar-refractivity contribution in [3.05, 3.63) is 51.2 Å². The molecule has 3 rings (SSSR count). The summed E-state index contributed by atoms with van der Waals surface area (Å²) in [6, 6.07) is 4.95. The van der Waals surface area contributed by atoms with Crippen LogP contribution in [0, 0.1) is 10.1 Å². The minimum atomic E-state index is -0.692. The number of amides is 2. The number of nitrogens with zero attached hydrogens (tertiary/aromatic N) is 2. The molecule has 1 N–H and O–H groups in total. The second-order valence-corrected chi connectivity index (χ2v) is 6.05. The molecule has 1 fully saturated rings. The zero-order valence-corrected chi connectivity index (χ0v) is 14.0. The Bertz CT molecular complexity index is 752. The van der Waals surface area contributed by atoms with Crippen LogP contribution in [0.4, 0.5) is 10.5 Å². The van der Waals surface area contributed by atoms with E-state index in [0.29, 0.717) is 16.8 Å². The molecule has 1 atom stereocenters. The van der Waals surface area contributed by atoms with Crippen molar-refractivity contribution in [3.63, 3.8) is 0 Å². The van der Waals surface area contributed by atoms with Crippen LogP contribution in [-0.4, -0.2) is 34.5 Å². The maximum Gasteiger partial charge on any atom is 0.338 e.